The van der Waals surface area contributed by atoms with Crippen molar-refractivity contribution in [2.24, 2.45) is 0 Å². The van der Waals surface area contributed by atoms with Crippen molar-refractivity contribution in [3.63, 3.8) is 0 Å². The SMILES string of the molecule is C=CCC(CC=O)c1nc(N(C)CCOC)nc2c1CCN2C(=O)Cc1cccc2ccccc12. The molecule has 4 rings (SSSR count). The number of hydrogen-bond acceptors (Lipinski definition) is 6. The van der Waals surface area contributed by atoms with Gasteiger partial charge in [-0.05, 0) is 29.2 Å². The third-order valence-electron chi connectivity index (χ3n) is 6.56. The number of carbonyl (C=O) groups is 2. The van der Waals surface area contributed by atoms with Crippen LogP contribution in [0.2, 0.25) is 0 Å². The number of carbonyl (C=O) groups excluding carboxylic acids is 2. The fourth-order valence-electron chi connectivity index (χ4n) is 4.69. The predicted octanol–water partition coefficient (Wildman–Crippen LogP) is 4.09. The van der Waals surface area contributed by atoms with E-state index >= 15 is 0 Å². The predicted molar refractivity (Wildman–Crippen MR) is 139 cm³/mol. The molecule has 0 radical (unpaired) electrons. The molecule has 2 aromatic carbocycles. The van der Waals surface area contributed by atoms with Gasteiger partial charge in [-0.25, -0.2) is 4.98 Å². The lowest BCUT2D eigenvalue weighted by atomic mass is 9.94. The van der Waals surface area contributed by atoms with E-state index in [9.17, 15) is 9.59 Å². The normalized spacial score (nSPS) is 13.5. The summed E-state index contributed by atoms with van der Waals surface area (Å²) in [7, 11) is 3.56. The molecule has 0 saturated heterocycles. The molecule has 0 aliphatic carbocycles. The van der Waals surface area contributed by atoms with Gasteiger partial charge in [-0.15, -0.1) is 6.58 Å². The summed E-state index contributed by atoms with van der Waals surface area (Å²) in [5.74, 6) is 1.09. The lowest BCUT2D eigenvalue weighted by molar-refractivity contribution is -0.118. The number of ether oxygens (including phenoxy) is 1. The summed E-state index contributed by atoms with van der Waals surface area (Å²) >= 11 is 0. The zero-order chi connectivity index (χ0) is 24.8. The average molecular weight is 473 g/mol. The van der Waals surface area contributed by atoms with E-state index in [0.29, 0.717) is 57.1 Å². The maximum atomic E-state index is 13.6. The van der Waals surface area contributed by atoms with E-state index in [4.69, 9.17) is 14.7 Å². The lowest BCUT2D eigenvalue weighted by Gasteiger charge is -2.23. The molecule has 0 saturated carbocycles. The van der Waals surface area contributed by atoms with Crippen molar-refractivity contribution in [3.05, 3.63) is 71.9 Å². The topological polar surface area (TPSA) is 75.6 Å². The Morgan fingerprint density at radius 3 is 2.77 bits per heavy atom. The van der Waals surface area contributed by atoms with E-state index in [2.05, 4.69) is 24.8 Å². The number of anilines is 2. The van der Waals surface area contributed by atoms with Crippen molar-refractivity contribution >= 4 is 34.7 Å². The molecule has 0 bridgehead atoms. The zero-order valence-electron chi connectivity index (χ0n) is 20.4. The number of fused-ring (bicyclic) bond motifs is 2. The van der Waals surface area contributed by atoms with Crippen LogP contribution in [-0.4, -0.2) is 56.0 Å². The number of methoxy groups -OCH3 is 1. The second-order valence-electron chi connectivity index (χ2n) is 8.86. The molecule has 182 valence electrons. The zero-order valence-corrected chi connectivity index (χ0v) is 20.4. The van der Waals surface area contributed by atoms with Crippen molar-refractivity contribution < 1.29 is 14.3 Å². The summed E-state index contributed by atoms with van der Waals surface area (Å²) in [4.78, 5) is 38.4. The molecule has 1 atom stereocenters. The van der Waals surface area contributed by atoms with Crippen LogP contribution < -0.4 is 9.80 Å². The van der Waals surface area contributed by atoms with Gasteiger partial charge in [-0.2, -0.15) is 4.98 Å². The van der Waals surface area contributed by atoms with Crippen LogP contribution in [0, 0.1) is 0 Å². The standard InChI is InChI=1S/C28H32N4O3/c1-4-8-21(14-17-33)26-24-13-15-32(27(24)30-28(29-26)31(2)16-18-35-3)25(34)19-22-11-7-10-20-9-5-6-12-23(20)22/h4-7,9-12,17,21H,1,8,13-16,18-19H2,2-3H3. The van der Waals surface area contributed by atoms with E-state index in [1.54, 1.807) is 12.0 Å². The first kappa shape index (κ1) is 24.5. The number of allylic oxidation sites excluding steroid dienone is 1. The Hall–Kier alpha value is -3.58. The van der Waals surface area contributed by atoms with Crippen LogP contribution in [0.4, 0.5) is 11.8 Å². The Morgan fingerprint density at radius 2 is 2.00 bits per heavy atom. The van der Waals surface area contributed by atoms with Gasteiger partial charge in [0.25, 0.3) is 0 Å². The smallest absolute Gasteiger partial charge is 0.232 e. The number of aromatic nitrogens is 2. The monoisotopic (exact) mass is 472 g/mol. The number of likely N-dealkylation sites (N-methyl/N-ethyl adjacent to an activating group) is 1. The average Bonchev–Trinajstić information content (AvgIpc) is 3.31. The fourth-order valence-corrected chi connectivity index (χ4v) is 4.69. The van der Waals surface area contributed by atoms with E-state index in [0.717, 1.165) is 33.9 Å². The Labute approximate surface area is 206 Å². The van der Waals surface area contributed by atoms with Crippen molar-refractivity contribution in [2.45, 2.75) is 31.6 Å². The van der Waals surface area contributed by atoms with E-state index < -0.39 is 0 Å². The Kier molecular flexibility index (Phi) is 7.87. The first-order valence-electron chi connectivity index (χ1n) is 12.0. The first-order valence-corrected chi connectivity index (χ1v) is 12.0. The van der Waals surface area contributed by atoms with Gasteiger partial charge in [0.2, 0.25) is 11.9 Å². The van der Waals surface area contributed by atoms with Gasteiger partial charge in [0.15, 0.2) is 0 Å². The Morgan fingerprint density at radius 1 is 1.20 bits per heavy atom. The van der Waals surface area contributed by atoms with Crippen LogP contribution in [0.25, 0.3) is 10.8 Å². The summed E-state index contributed by atoms with van der Waals surface area (Å²) in [5.41, 5.74) is 2.79. The van der Waals surface area contributed by atoms with Crippen LogP contribution in [0.5, 0.6) is 0 Å². The molecule has 7 heteroatoms. The number of hydrogen-bond donors (Lipinski definition) is 0. The van der Waals surface area contributed by atoms with Crippen molar-refractivity contribution in [1.29, 1.82) is 0 Å². The Balaban J connectivity index is 1.71. The van der Waals surface area contributed by atoms with Gasteiger partial charge in [0.05, 0.1) is 18.7 Å². The molecule has 7 nitrogen and oxygen atoms in total. The van der Waals surface area contributed by atoms with Crippen LogP contribution in [0.1, 0.15) is 35.6 Å². The number of nitrogens with zero attached hydrogens (tertiary/aromatic N) is 4. The molecule has 1 aromatic heterocycles. The molecular weight excluding hydrogens is 440 g/mol. The lowest BCUT2D eigenvalue weighted by Crippen LogP contribution is -2.32. The van der Waals surface area contributed by atoms with Crippen LogP contribution in [0.15, 0.2) is 55.1 Å². The third-order valence-corrected chi connectivity index (χ3v) is 6.56. The highest BCUT2D eigenvalue weighted by molar-refractivity contribution is 5.98. The number of benzene rings is 2. The minimum absolute atomic E-state index is 0.00547. The van der Waals surface area contributed by atoms with Gasteiger partial charge < -0.3 is 14.4 Å². The van der Waals surface area contributed by atoms with Crippen LogP contribution >= 0.6 is 0 Å². The summed E-state index contributed by atoms with van der Waals surface area (Å²) in [6.07, 6.45) is 4.68. The Bertz CT molecular complexity index is 1210. The summed E-state index contributed by atoms with van der Waals surface area (Å²) in [5, 5.41) is 2.20. The molecule has 0 spiro atoms. The van der Waals surface area contributed by atoms with Gasteiger partial charge in [-0.3, -0.25) is 9.69 Å². The highest BCUT2D eigenvalue weighted by Crippen LogP contribution is 2.36. The highest BCUT2D eigenvalue weighted by atomic mass is 16.5. The molecular formula is C28H32N4O3. The maximum absolute atomic E-state index is 13.6. The van der Waals surface area contributed by atoms with E-state index in [-0.39, 0.29) is 11.8 Å². The number of aldehydes is 1. The fraction of sp³-hybridized carbons (Fsp3) is 0.357. The van der Waals surface area contributed by atoms with Crippen molar-refractivity contribution in [2.75, 3.05) is 43.7 Å². The van der Waals surface area contributed by atoms with Crippen molar-refractivity contribution in [3.8, 4) is 0 Å². The highest BCUT2D eigenvalue weighted by Gasteiger charge is 2.32. The molecule has 3 aromatic rings. The first-order chi connectivity index (χ1) is 17.1. The maximum Gasteiger partial charge on any atom is 0.232 e. The molecule has 0 fully saturated rings. The second-order valence-corrected chi connectivity index (χ2v) is 8.86. The largest absolute Gasteiger partial charge is 0.383 e. The van der Waals surface area contributed by atoms with Crippen molar-refractivity contribution in [1.82, 2.24) is 9.97 Å². The minimum Gasteiger partial charge on any atom is -0.383 e. The summed E-state index contributed by atoms with van der Waals surface area (Å²) in [6, 6.07) is 14.2. The van der Waals surface area contributed by atoms with Crippen LogP contribution in [-0.2, 0) is 27.2 Å². The van der Waals surface area contributed by atoms with Gasteiger partial charge in [0, 0.05) is 45.1 Å². The van der Waals surface area contributed by atoms with Gasteiger partial charge >= 0.3 is 0 Å². The van der Waals surface area contributed by atoms with Gasteiger partial charge in [-0.1, -0.05) is 48.5 Å². The van der Waals surface area contributed by atoms with E-state index in [1.807, 2.05) is 42.3 Å². The molecule has 1 aliphatic rings. The summed E-state index contributed by atoms with van der Waals surface area (Å²) < 4.78 is 5.22. The quantitative estimate of drug-likeness (QED) is 0.309. The number of amides is 1. The molecule has 2 heterocycles. The molecule has 1 unspecified atom stereocenters. The van der Waals surface area contributed by atoms with E-state index in [1.165, 1.54) is 0 Å². The molecule has 1 amide bonds. The molecule has 0 N–H and O–H groups in total. The molecule has 1 aliphatic heterocycles. The van der Waals surface area contributed by atoms with Crippen LogP contribution in [0.3, 0.4) is 0 Å². The molecule has 35 heavy (non-hydrogen) atoms. The summed E-state index contributed by atoms with van der Waals surface area (Å²) in [6.45, 7) is 5.55. The minimum atomic E-state index is -0.0931. The number of rotatable bonds is 11. The third kappa shape index (κ3) is 5.25. The van der Waals surface area contributed by atoms with Gasteiger partial charge in [0.1, 0.15) is 12.1 Å². The second kappa shape index (κ2) is 11.2.